The number of likely N-dealkylation sites (tertiary alicyclic amines) is 1. The lowest BCUT2D eigenvalue weighted by molar-refractivity contribution is -0.137. The van der Waals surface area contributed by atoms with Crippen LogP contribution in [0.4, 0.5) is 0 Å². The van der Waals surface area contributed by atoms with Crippen LogP contribution >= 0.6 is 11.8 Å². The van der Waals surface area contributed by atoms with Gasteiger partial charge in [0.2, 0.25) is 5.91 Å². The molecule has 2 fully saturated rings. The number of amides is 1. The van der Waals surface area contributed by atoms with Crippen LogP contribution in [0.25, 0.3) is 0 Å². The molecule has 0 aliphatic carbocycles. The number of nitrogens with zero attached hydrogens (tertiary/aromatic N) is 1. The number of thioether (sulfide) groups is 1. The van der Waals surface area contributed by atoms with Crippen molar-refractivity contribution >= 4 is 23.6 Å². The Morgan fingerprint density at radius 3 is 2.60 bits per heavy atom. The number of aliphatic carboxylic acids is 1. The summed E-state index contributed by atoms with van der Waals surface area (Å²) in [6.07, 6.45) is 6.07. The molecule has 0 aromatic heterocycles. The quantitative estimate of drug-likeness (QED) is 0.848. The molecule has 1 N–H and O–H groups in total. The summed E-state index contributed by atoms with van der Waals surface area (Å²) in [5.41, 5.74) is 0. The molecule has 2 saturated heterocycles. The molecule has 2 rings (SSSR count). The zero-order chi connectivity index (χ0) is 14.4. The van der Waals surface area contributed by atoms with Crippen molar-refractivity contribution in [2.24, 2.45) is 11.8 Å². The molecule has 2 heterocycles. The largest absolute Gasteiger partial charge is 0.481 e. The van der Waals surface area contributed by atoms with Gasteiger partial charge in [-0.2, -0.15) is 11.8 Å². The fraction of sp³-hybridized carbons (Fsp3) is 0.867. The second-order valence-corrected chi connectivity index (χ2v) is 7.27. The molecule has 1 amide bonds. The highest BCUT2D eigenvalue weighted by molar-refractivity contribution is 7.99. The van der Waals surface area contributed by atoms with Crippen molar-refractivity contribution in [1.82, 2.24) is 4.90 Å². The number of carbonyl (C=O) groups is 2. The number of carboxylic acid groups (broad SMARTS) is 1. The zero-order valence-electron chi connectivity index (χ0n) is 12.1. The average molecular weight is 299 g/mol. The maximum Gasteiger partial charge on any atom is 0.303 e. The van der Waals surface area contributed by atoms with Gasteiger partial charge in [-0.15, -0.1) is 0 Å². The van der Waals surface area contributed by atoms with Crippen molar-refractivity contribution in [1.29, 1.82) is 0 Å². The summed E-state index contributed by atoms with van der Waals surface area (Å²) in [6.45, 7) is 1.64. The van der Waals surface area contributed by atoms with E-state index in [9.17, 15) is 9.59 Å². The van der Waals surface area contributed by atoms with E-state index in [1.54, 1.807) is 0 Å². The molecule has 1 atom stereocenters. The summed E-state index contributed by atoms with van der Waals surface area (Å²) in [6, 6.07) is 0. The van der Waals surface area contributed by atoms with Crippen LogP contribution in [0.15, 0.2) is 0 Å². The SMILES string of the molecule is O=C(O)CCC1CCCN(C(=O)CC2CCSCC2)C1. The number of carboxylic acids is 1. The number of piperidine rings is 1. The third-order valence-electron chi connectivity index (χ3n) is 4.44. The number of hydrogen-bond acceptors (Lipinski definition) is 3. The molecule has 1 unspecified atom stereocenters. The lowest BCUT2D eigenvalue weighted by atomic mass is 9.92. The summed E-state index contributed by atoms with van der Waals surface area (Å²) < 4.78 is 0. The molecular formula is C15H25NO3S. The van der Waals surface area contributed by atoms with Gasteiger partial charge in [0.25, 0.3) is 0 Å². The summed E-state index contributed by atoms with van der Waals surface area (Å²) in [5.74, 6) is 2.90. The summed E-state index contributed by atoms with van der Waals surface area (Å²) in [7, 11) is 0. The maximum atomic E-state index is 12.4. The molecule has 0 saturated carbocycles. The fourth-order valence-corrected chi connectivity index (χ4v) is 4.39. The fourth-order valence-electron chi connectivity index (χ4n) is 3.18. The van der Waals surface area contributed by atoms with E-state index in [0.29, 0.717) is 30.6 Å². The predicted molar refractivity (Wildman–Crippen MR) is 80.8 cm³/mol. The van der Waals surface area contributed by atoms with Gasteiger partial charge in [0.15, 0.2) is 0 Å². The van der Waals surface area contributed by atoms with Crippen molar-refractivity contribution in [3.8, 4) is 0 Å². The summed E-state index contributed by atoms with van der Waals surface area (Å²) in [5, 5.41) is 8.75. The van der Waals surface area contributed by atoms with Gasteiger partial charge in [-0.1, -0.05) is 0 Å². The topological polar surface area (TPSA) is 57.6 Å². The predicted octanol–water partition coefficient (Wildman–Crippen LogP) is 2.62. The minimum absolute atomic E-state index is 0.229. The highest BCUT2D eigenvalue weighted by Crippen LogP contribution is 2.27. The third-order valence-corrected chi connectivity index (χ3v) is 5.49. The minimum atomic E-state index is -0.729. The molecule has 114 valence electrons. The van der Waals surface area contributed by atoms with E-state index >= 15 is 0 Å². The molecule has 0 bridgehead atoms. The highest BCUT2D eigenvalue weighted by atomic mass is 32.2. The van der Waals surface area contributed by atoms with E-state index in [1.165, 1.54) is 24.3 Å². The van der Waals surface area contributed by atoms with Gasteiger partial charge in [-0.05, 0) is 55.4 Å². The normalized spacial score (nSPS) is 24.6. The molecule has 0 aromatic carbocycles. The first kappa shape index (κ1) is 15.7. The third kappa shape index (κ3) is 5.00. The number of hydrogen-bond donors (Lipinski definition) is 1. The zero-order valence-corrected chi connectivity index (χ0v) is 12.9. The van der Waals surface area contributed by atoms with Crippen LogP contribution in [-0.2, 0) is 9.59 Å². The molecule has 5 heteroatoms. The molecular weight excluding hydrogens is 274 g/mol. The molecule has 2 aliphatic heterocycles. The van der Waals surface area contributed by atoms with Crippen LogP contribution in [0.1, 0.15) is 44.9 Å². The van der Waals surface area contributed by atoms with Gasteiger partial charge < -0.3 is 10.0 Å². The number of rotatable bonds is 5. The summed E-state index contributed by atoms with van der Waals surface area (Å²) in [4.78, 5) is 25.0. The monoisotopic (exact) mass is 299 g/mol. The second kappa shape index (κ2) is 7.91. The number of carbonyl (C=O) groups excluding carboxylic acids is 1. The molecule has 2 aliphatic rings. The lowest BCUT2D eigenvalue weighted by Crippen LogP contribution is -2.41. The first-order valence-electron chi connectivity index (χ1n) is 7.72. The van der Waals surface area contributed by atoms with E-state index in [2.05, 4.69) is 0 Å². The Morgan fingerprint density at radius 2 is 1.90 bits per heavy atom. The van der Waals surface area contributed by atoms with E-state index < -0.39 is 5.97 Å². The van der Waals surface area contributed by atoms with Crippen LogP contribution in [0.3, 0.4) is 0 Å². The second-order valence-electron chi connectivity index (χ2n) is 6.04. The van der Waals surface area contributed by atoms with Crippen LogP contribution in [0.5, 0.6) is 0 Å². The van der Waals surface area contributed by atoms with Crippen molar-refractivity contribution < 1.29 is 14.7 Å². The van der Waals surface area contributed by atoms with E-state index in [1.807, 2.05) is 16.7 Å². The van der Waals surface area contributed by atoms with Crippen LogP contribution in [-0.4, -0.2) is 46.5 Å². The Kier molecular flexibility index (Phi) is 6.20. The Balaban J connectivity index is 1.75. The van der Waals surface area contributed by atoms with Crippen molar-refractivity contribution in [3.05, 3.63) is 0 Å². The summed E-state index contributed by atoms with van der Waals surface area (Å²) >= 11 is 1.99. The van der Waals surface area contributed by atoms with E-state index in [-0.39, 0.29) is 6.42 Å². The maximum absolute atomic E-state index is 12.4. The molecule has 20 heavy (non-hydrogen) atoms. The van der Waals surface area contributed by atoms with Gasteiger partial charge in [0.1, 0.15) is 0 Å². The Labute approximate surface area is 125 Å². The van der Waals surface area contributed by atoms with Gasteiger partial charge in [0.05, 0.1) is 0 Å². The minimum Gasteiger partial charge on any atom is -0.481 e. The van der Waals surface area contributed by atoms with Crippen molar-refractivity contribution in [2.45, 2.75) is 44.9 Å². The van der Waals surface area contributed by atoms with Crippen LogP contribution < -0.4 is 0 Å². The Morgan fingerprint density at radius 1 is 1.15 bits per heavy atom. The first-order valence-corrected chi connectivity index (χ1v) is 8.88. The molecule has 4 nitrogen and oxygen atoms in total. The molecule has 0 radical (unpaired) electrons. The van der Waals surface area contributed by atoms with Crippen molar-refractivity contribution in [2.75, 3.05) is 24.6 Å². The van der Waals surface area contributed by atoms with E-state index in [4.69, 9.17) is 5.11 Å². The standard InChI is InChI=1S/C15H25NO3S/c17-14(10-12-5-8-20-9-6-12)16-7-1-2-13(11-16)3-4-15(18)19/h12-13H,1-11H2,(H,18,19). The van der Waals surface area contributed by atoms with E-state index in [0.717, 1.165) is 25.9 Å². The van der Waals surface area contributed by atoms with Gasteiger partial charge >= 0.3 is 5.97 Å². The van der Waals surface area contributed by atoms with Crippen molar-refractivity contribution in [3.63, 3.8) is 0 Å². The van der Waals surface area contributed by atoms with Crippen LogP contribution in [0, 0.1) is 11.8 Å². The highest BCUT2D eigenvalue weighted by Gasteiger charge is 2.26. The van der Waals surface area contributed by atoms with Crippen LogP contribution in [0.2, 0.25) is 0 Å². The van der Waals surface area contributed by atoms with Gasteiger partial charge in [0, 0.05) is 25.9 Å². The smallest absolute Gasteiger partial charge is 0.303 e. The Bertz CT molecular complexity index is 342. The molecule has 0 spiro atoms. The molecule has 0 aromatic rings. The first-order chi connectivity index (χ1) is 9.65. The Hall–Kier alpha value is -0.710. The lowest BCUT2D eigenvalue weighted by Gasteiger charge is -2.34. The van der Waals surface area contributed by atoms with Gasteiger partial charge in [-0.3, -0.25) is 9.59 Å². The van der Waals surface area contributed by atoms with Gasteiger partial charge in [-0.25, -0.2) is 0 Å². The average Bonchev–Trinajstić information content (AvgIpc) is 2.46.